The van der Waals surface area contributed by atoms with Crippen molar-refractivity contribution in [2.24, 2.45) is 5.73 Å². The van der Waals surface area contributed by atoms with Gasteiger partial charge in [0, 0.05) is 24.0 Å². The van der Waals surface area contributed by atoms with Crippen molar-refractivity contribution >= 4 is 0 Å². The van der Waals surface area contributed by atoms with E-state index >= 15 is 0 Å². The SMILES string of the molecule is C#Cc1cncc([C@H](C)N)c1C. The molecule has 1 rings (SSSR count). The van der Waals surface area contributed by atoms with E-state index in [0.717, 1.165) is 16.7 Å². The van der Waals surface area contributed by atoms with E-state index in [9.17, 15) is 0 Å². The molecular formula is C10H12N2. The summed E-state index contributed by atoms with van der Waals surface area (Å²) in [6.45, 7) is 3.89. The van der Waals surface area contributed by atoms with Crippen LogP contribution >= 0.6 is 0 Å². The summed E-state index contributed by atoms with van der Waals surface area (Å²) in [5.74, 6) is 2.57. The lowest BCUT2D eigenvalue weighted by atomic mass is 10.0. The molecule has 62 valence electrons. The Bertz CT molecular complexity index is 321. The van der Waals surface area contributed by atoms with Gasteiger partial charge >= 0.3 is 0 Å². The molecule has 0 saturated heterocycles. The molecule has 2 nitrogen and oxygen atoms in total. The lowest BCUT2D eigenvalue weighted by molar-refractivity contribution is 0.802. The number of pyridine rings is 1. The molecule has 0 bridgehead atoms. The van der Waals surface area contributed by atoms with E-state index in [-0.39, 0.29) is 6.04 Å². The van der Waals surface area contributed by atoms with Gasteiger partial charge in [-0.2, -0.15) is 0 Å². The third-order valence-electron chi connectivity index (χ3n) is 1.90. The van der Waals surface area contributed by atoms with Gasteiger partial charge in [-0.05, 0) is 25.0 Å². The Hall–Kier alpha value is -1.33. The standard InChI is InChI=1S/C10H12N2/c1-4-9-5-12-6-10(7(9)2)8(3)11/h1,5-6,8H,11H2,2-3H3/t8-/m0/s1. The van der Waals surface area contributed by atoms with Crippen molar-refractivity contribution in [1.82, 2.24) is 4.98 Å². The highest BCUT2D eigenvalue weighted by Gasteiger charge is 2.05. The van der Waals surface area contributed by atoms with Gasteiger partial charge in [0.2, 0.25) is 0 Å². The Morgan fingerprint density at radius 3 is 2.75 bits per heavy atom. The minimum absolute atomic E-state index is 0.00852. The maximum absolute atomic E-state index is 5.73. The highest BCUT2D eigenvalue weighted by molar-refractivity contribution is 5.41. The average molecular weight is 160 g/mol. The number of nitrogens with zero attached hydrogens (tertiary/aromatic N) is 1. The van der Waals surface area contributed by atoms with Gasteiger partial charge in [-0.1, -0.05) is 5.92 Å². The van der Waals surface area contributed by atoms with Crippen molar-refractivity contribution in [1.29, 1.82) is 0 Å². The van der Waals surface area contributed by atoms with Crippen LogP contribution in [0.1, 0.15) is 29.7 Å². The zero-order chi connectivity index (χ0) is 9.14. The van der Waals surface area contributed by atoms with Gasteiger partial charge in [0.1, 0.15) is 0 Å². The summed E-state index contributed by atoms with van der Waals surface area (Å²) >= 11 is 0. The monoisotopic (exact) mass is 160 g/mol. The average Bonchev–Trinajstić information content (AvgIpc) is 2.04. The molecule has 2 heteroatoms. The Morgan fingerprint density at radius 2 is 2.25 bits per heavy atom. The summed E-state index contributed by atoms with van der Waals surface area (Å²) in [4.78, 5) is 4.02. The first kappa shape index (κ1) is 8.76. The first-order chi connectivity index (χ1) is 5.66. The minimum Gasteiger partial charge on any atom is -0.324 e. The number of rotatable bonds is 1. The van der Waals surface area contributed by atoms with Crippen molar-refractivity contribution in [3.63, 3.8) is 0 Å². The lowest BCUT2D eigenvalue weighted by Crippen LogP contribution is -2.08. The van der Waals surface area contributed by atoms with E-state index in [2.05, 4.69) is 10.9 Å². The number of nitrogens with two attached hydrogens (primary N) is 1. The Morgan fingerprint density at radius 1 is 1.58 bits per heavy atom. The van der Waals surface area contributed by atoms with Crippen LogP contribution in [-0.4, -0.2) is 4.98 Å². The first-order valence-corrected chi connectivity index (χ1v) is 3.83. The molecule has 0 aliphatic rings. The fraction of sp³-hybridized carbons (Fsp3) is 0.300. The van der Waals surface area contributed by atoms with Crippen molar-refractivity contribution in [3.8, 4) is 12.3 Å². The zero-order valence-electron chi connectivity index (χ0n) is 7.33. The predicted molar refractivity (Wildman–Crippen MR) is 49.5 cm³/mol. The third-order valence-corrected chi connectivity index (χ3v) is 1.90. The molecule has 1 aromatic rings. The molecule has 1 aromatic heterocycles. The molecule has 0 fully saturated rings. The van der Waals surface area contributed by atoms with E-state index in [1.54, 1.807) is 12.4 Å². The van der Waals surface area contributed by atoms with Crippen LogP contribution in [0.4, 0.5) is 0 Å². The van der Waals surface area contributed by atoms with Crippen LogP contribution in [0, 0.1) is 19.3 Å². The van der Waals surface area contributed by atoms with Crippen molar-refractivity contribution < 1.29 is 0 Å². The summed E-state index contributed by atoms with van der Waals surface area (Å²) in [7, 11) is 0. The van der Waals surface area contributed by atoms with Crippen LogP contribution in [0.25, 0.3) is 0 Å². The van der Waals surface area contributed by atoms with Crippen molar-refractivity contribution in [2.75, 3.05) is 0 Å². The molecule has 0 radical (unpaired) electrons. The number of terminal acetylenes is 1. The second-order valence-electron chi connectivity index (χ2n) is 2.83. The third kappa shape index (κ3) is 1.46. The van der Waals surface area contributed by atoms with Crippen molar-refractivity contribution in [3.05, 3.63) is 29.1 Å². The quantitative estimate of drug-likeness (QED) is 0.630. The maximum Gasteiger partial charge on any atom is 0.0458 e. The largest absolute Gasteiger partial charge is 0.324 e. The molecule has 12 heavy (non-hydrogen) atoms. The van der Waals surface area contributed by atoms with Crippen molar-refractivity contribution in [2.45, 2.75) is 19.9 Å². The summed E-state index contributed by atoms with van der Waals surface area (Å²) in [6, 6.07) is -0.00852. The molecule has 1 atom stereocenters. The van der Waals surface area contributed by atoms with Crippen LogP contribution < -0.4 is 5.73 Å². The number of hydrogen-bond acceptors (Lipinski definition) is 2. The minimum atomic E-state index is -0.00852. The second kappa shape index (κ2) is 3.38. The van der Waals surface area contributed by atoms with Gasteiger partial charge in [0.15, 0.2) is 0 Å². The van der Waals surface area contributed by atoms with E-state index < -0.39 is 0 Å². The van der Waals surface area contributed by atoms with Crippen LogP contribution in [-0.2, 0) is 0 Å². The Labute approximate surface area is 72.8 Å². The fourth-order valence-electron chi connectivity index (χ4n) is 1.15. The van der Waals surface area contributed by atoms with Crippen LogP contribution in [0.2, 0.25) is 0 Å². The molecule has 0 saturated carbocycles. The summed E-state index contributed by atoms with van der Waals surface area (Å²) in [5.41, 5.74) is 8.63. The molecule has 0 unspecified atom stereocenters. The van der Waals surface area contributed by atoms with E-state index in [4.69, 9.17) is 12.2 Å². The van der Waals surface area contributed by atoms with Gasteiger partial charge in [0.25, 0.3) is 0 Å². The Balaban J connectivity index is 3.25. The molecule has 2 N–H and O–H groups in total. The van der Waals surface area contributed by atoms with Gasteiger partial charge < -0.3 is 5.73 Å². The molecule has 0 aliphatic heterocycles. The highest BCUT2D eigenvalue weighted by Crippen LogP contribution is 2.16. The lowest BCUT2D eigenvalue weighted by Gasteiger charge is -2.09. The van der Waals surface area contributed by atoms with Gasteiger partial charge in [-0.15, -0.1) is 6.42 Å². The molecule has 0 spiro atoms. The van der Waals surface area contributed by atoms with Gasteiger partial charge in [0.05, 0.1) is 0 Å². The highest BCUT2D eigenvalue weighted by atomic mass is 14.7. The smallest absolute Gasteiger partial charge is 0.0458 e. The summed E-state index contributed by atoms with van der Waals surface area (Å²) < 4.78 is 0. The summed E-state index contributed by atoms with van der Waals surface area (Å²) in [6.07, 6.45) is 8.74. The van der Waals surface area contributed by atoms with Gasteiger partial charge in [-0.25, -0.2) is 0 Å². The molecule has 0 aliphatic carbocycles. The zero-order valence-corrected chi connectivity index (χ0v) is 7.33. The van der Waals surface area contributed by atoms with Crippen LogP contribution in [0.15, 0.2) is 12.4 Å². The molecule has 0 amide bonds. The number of aromatic nitrogens is 1. The van der Waals surface area contributed by atoms with E-state index in [0.29, 0.717) is 0 Å². The topological polar surface area (TPSA) is 38.9 Å². The second-order valence-corrected chi connectivity index (χ2v) is 2.83. The summed E-state index contributed by atoms with van der Waals surface area (Å²) in [5, 5.41) is 0. The Kier molecular flexibility index (Phi) is 2.47. The van der Waals surface area contributed by atoms with E-state index in [1.165, 1.54) is 0 Å². The molecular weight excluding hydrogens is 148 g/mol. The predicted octanol–water partition coefficient (Wildman–Crippen LogP) is 1.39. The van der Waals surface area contributed by atoms with E-state index in [1.807, 2.05) is 13.8 Å². The maximum atomic E-state index is 5.73. The normalized spacial score (nSPS) is 12.2. The number of hydrogen-bond donors (Lipinski definition) is 1. The first-order valence-electron chi connectivity index (χ1n) is 3.83. The fourth-order valence-corrected chi connectivity index (χ4v) is 1.15. The molecule has 0 aromatic carbocycles. The van der Waals surface area contributed by atoms with Crippen LogP contribution in [0.5, 0.6) is 0 Å². The molecule has 1 heterocycles. The van der Waals surface area contributed by atoms with Crippen LogP contribution in [0.3, 0.4) is 0 Å². The van der Waals surface area contributed by atoms with Gasteiger partial charge in [-0.3, -0.25) is 4.98 Å².